The Balaban J connectivity index is 0.00000140. The third-order valence-corrected chi connectivity index (χ3v) is 6.13. The predicted octanol–water partition coefficient (Wildman–Crippen LogP) is 2.94. The molecule has 3 aliphatic heterocycles. The van der Waals surface area contributed by atoms with Crippen LogP contribution in [0.1, 0.15) is 43.7 Å². The minimum absolute atomic E-state index is 0. The molecule has 1 amide bonds. The van der Waals surface area contributed by atoms with E-state index in [-0.39, 0.29) is 36.8 Å². The van der Waals surface area contributed by atoms with E-state index >= 15 is 0 Å². The van der Waals surface area contributed by atoms with E-state index in [1.165, 1.54) is 18.4 Å². The van der Waals surface area contributed by atoms with E-state index in [0.717, 1.165) is 45.7 Å². The molecule has 0 aliphatic carbocycles. The molecule has 2 bridgehead atoms. The fraction of sp³-hybridized carbons (Fsp3) is 0.667. The van der Waals surface area contributed by atoms with Gasteiger partial charge in [-0.3, -0.25) is 9.69 Å². The molecule has 3 heterocycles. The van der Waals surface area contributed by atoms with Gasteiger partial charge in [-0.05, 0) is 37.2 Å². The summed E-state index contributed by atoms with van der Waals surface area (Å²) < 4.78 is 5.46. The Hall–Kier alpha value is -0.850. The van der Waals surface area contributed by atoms with Gasteiger partial charge in [-0.15, -0.1) is 24.8 Å². The van der Waals surface area contributed by atoms with Crippen molar-refractivity contribution in [3.8, 4) is 0 Å². The van der Waals surface area contributed by atoms with Crippen molar-refractivity contribution in [3.05, 3.63) is 35.9 Å². The SMILES string of the molecule is Cl.Cl.O=C(CC1CC2CCC(C1)N2)NC(CN1CCOCC1)c1ccccc1. The Morgan fingerprint density at radius 1 is 1.11 bits per heavy atom. The largest absolute Gasteiger partial charge is 0.379 e. The van der Waals surface area contributed by atoms with Crippen LogP contribution in [0.25, 0.3) is 0 Å². The number of carbonyl (C=O) groups is 1. The second-order valence-electron chi connectivity index (χ2n) is 8.12. The van der Waals surface area contributed by atoms with Crippen LogP contribution in [-0.4, -0.2) is 55.7 Å². The van der Waals surface area contributed by atoms with E-state index < -0.39 is 0 Å². The maximum Gasteiger partial charge on any atom is 0.220 e. The number of carbonyl (C=O) groups excluding carboxylic acids is 1. The highest BCUT2D eigenvalue weighted by molar-refractivity contribution is 5.85. The highest BCUT2D eigenvalue weighted by atomic mass is 35.5. The summed E-state index contributed by atoms with van der Waals surface area (Å²) in [6, 6.07) is 11.7. The number of piperidine rings is 1. The summed E-state index contributed by atoms with van der Waals surface area (Å²) in [4.78, 5) is 15.2. The van der Waals surface area contributed by atoms with Crippen LogP contribution >= 0.6 is 24.8 Å². The van der Waals surface area contributed by atoms with Gasteiger partial charge in [-0.2, -0.15) is 0 Å². The average molecular weight is 430 g/mol. The Kier molecular flexibility index (Phi) is 9.51. The number of amides is 1. The molecular weight excluding hydrogens is 397 g/mol. The molecule has 3 saturated heterocycles. The monoisotopic (exact) mass is 429 g/mol. The fourth-order valence-corrected chi connectivity index (χ4v) is 4.82. The molecular formula is C21H33Cl2N3O2. The summed E-state index contributed by atoms with van der Waals surface area (Å²) in [5.74, 6) is 0.743. The first-order chi connectivity index (χ1) is 12.8. The van der Waals surface area contributed by atoms with Crippen molar-refractivity contribution >= 4 is 30.7 Å². The molecule has 0 radical (unpaired) electrons. The molecule has 1 aromatic rings. The van der Waals surface area contributed by atoms with E-state index in [1.807, 2.05) is 6.07 Å². The molecule has 1 aromatic carbocycles. The van der Waals surface area contributed by atoms with Gasteiger partial charge in [0.15, 0.2) is 0 Å². The van der Waals surface area contributed by atoms with Gasteiger partial charge in [0.2, 0.25) is 5.91 Å². The molecule has 7 heteroatoms. The number of nitrogens with zero attached hydrogens (tertiary/aromatic N) is 1. The lowest BCUT2D eigenvalue weighted by Gasteiger charge is -2.32. The van der Waals surface area contributed by atoms with Crippen LogP contribution in [0.3, 0.4) is 0 Å². The number of fused-ring (bicyclic) bond motifs is 2. The van der Waals surface area contributed by atoms with E-state index in [1.54, 1.807) is 0 Å². The number of hydrogen-bond acceptors (Lipinski definition) is 4. The molecule has 2 N–H and O–H groups in total. The quantitative estimate of drug-likeness (QED) is 0.729. The summed E-state index contributed by atoms with van der Waals surface area (Å²) in [7, 11) is 0. The molecule has 0 saturated carbocycles. The average Bonchev–Trinajstić information content (AvgIpc) is 3.01. The first kappa shape index (κ1) is 23.4. The maximum absolute atomic E-state index is 12.8. The van der Waals surface area contributed by atoms with Gasteiger partial charge in [0, 0.05) is 38.1 Å². The van der Waals surface area contributed by atoms with Gasteiger partial charge in [-0.25, -0.2) is 0 Å². The molecule has 28 heavy (non-hydrogen) atoms. The van der Waals surface area contributed by atoms with Gasteiger partial charge >= 0.3 is 0 Å². The van der Waals surface area contributed by atoms with Gasteiger partial charge in [0.25, 0.3) is 0 Å². The lowest BCUT2D eigenvalue weighted by Crippen LogP contribution is -2.44. The minimum atomic E-state index is 0. The van der Waals surface area contributed by atoms with Crippen molar-refractivity contribution in [2.75, 3.05) is 32.8 Å². The Labute approximate surface area is 180 Å². The van der Waals surface area contributed by atoms with Crippen molar-refractivity contribution in [1.29, 1.82) is 0 Å². The first-order valence-corrected chi connectivity index (χ1v) is 10.2. The number of rotatable bonds is 6. The molecule has 158 valence electrons. The third kappa shape index (κ3) is 6.33. The first-order valence-electron chi connectivity index (χ1n) is 10.2. The number of benzene rings is 1. The molecule has 3 aliphatic rings. The number of ether oxygens (including phenoxy) is 1. The van der Waals surface area contributed by atoms with Crippen LogP contribution in [0.2, 0.25) is 0 Å². The minimum Gasteiger partial charge on any atom is -0.379 e. The summed E-state index contributed by atoms with van der Waals surface area (Å²) >= 11 is 0. The van der Waals surface area contributed by atoms with Gasteiger partial charge in [0.1, 0.15) is 0 Å². The topological polar surface area (TPSA) is 53.6 Å². The van der Waals surface area contributed by atoms with E-state index in [2.05, 4.69) is 39.8 Å². The van der Waals surface area contributed by atoms with E-state index in [4.69, 9.17) is 4.74 Å². The van der Waals surface area contributed by atoms with Crippen molar-refractivity contribution in [2.24, 2.45) is 5.92 Å². The van der Waals surface area contributed by atoms with E-state index in [9.17, 15) is 4.79 Å². The third-order valence-electron chi connectivity index (χ3n) is 6.13. The molecule has 0 aromatic heterocycles. The van der Waals surface area contributed by atoms with Crippen molar-refractivity contribution < 1.29 is 9.53 Å². The smallest absolute Gasteiger partial charge is 0.220 e. The second-order valence-corrected chi connectivity index (χ2v) is 8.12. The number of nitrogens with one attached hydrogen (secondary N) is 2. The summed E-state index contributed by atoms with van der Waals surface area (Å²) in [6.07, 6.45) is 5.55. The predicted molar refractivity (Wildman–Crippen MR) is 116 cm³/mol. The highest BCUT2D eigenvalue weighted by Gasteiger charge is 2.34. The number of hydrogen-bond donors (Lipinski definition) is 2. The zero-order valence-electron chi connectivity index (χ0n) is 16.3. The van der Waals surface area contributed by atoms with Crippen LogP contribution in [0.5, 0.6) is 0 Å². The van der Waals surface area contributed by atoms with Crippen LogP contribution in [0.15, 0.2) is 30.3 Å². The summed E-state index contributed by atoms with van der Waals surface area (Å²) in [6.45, 7) is 4.31. The lowest BCUT2D eigenvalue weighted by atomic mass is 9.89. The van der Waals surface area contributed by atoms with Crippen LogP contribution in [0, 0.1) is 5.92 Å². The highest BCUT2D eigenvalue weighted by Crippen LogP contribution is 2.32. The lowest BCUT2D eigenvalue weighted by molar-refractivity contribution is -0.123. The van der Waals surface area contributed by atoms with Crippen LogP contribution < -0.4 is 10.6 Å². The molecule has 3 atom stereocenters. The van der Waals surface area contributed by atoms with Crippen LogP contribution in [-0.2, 0) is 9.53 Å². The molecule has 4 rings (SSSR count). The standard InChI is InChI=1S/C21H31N3O2.2ClH/c25-21(14-16-12-18-6-7-19(13-16)22-18)23-20(17-4-2-1-3-5-17)15-24-8-10-26-11-9-24;;/h1-5,16,18-20,22H,6-15H2,(H,23,25);2*1H. The Bertz CT molecular complexity index is 587. The van der Waals surface area contributed by atoms with Crippen molar-refractivity contribution in [3.63, 3.8) is 0 Å². The number of morpholine rings is 1. The fourth-order valence-electron chi connectivity index (χ4n) is 4.82. The maximum atomic E-state index is 12.8. The zero-order chi connectivity index (χ0) is 17.8. The summed E-state index contributed by atoms with van der Waals surface area (Å²) in [5.41, 5.74) is 1.19. The molecule has 5 nitrogen and oxygen atoms in total. The second kappa shape index (κ2) is 11.4. The van der Waals surface area contributed by atoms with Gasteiger partial charge in [-0.1, -0.05) is 30.3 Å². The van der Waals surface area contributed by atoms with Gasteiger partial charge in [0.05, 0.1) is 19.3 Å². The van der Waals surface area contributed by atoms with Crippen LogP contribution in [0.4, 0.5) is 0 Å². The Morgan fingerprint density at radius 3 is 2.39 bits per heavy atom. The van der Waals surface area contributed by atoms with Gasteiger partial charge < -0.3 is 15.4 Å². The molecule has 3 unspecified atom stereocenters. The molecule has 0 spiro atoms. The van der Waals surface area contributed by atoms with E-state index in [0.29, 0.717) is 24.4 Å². The van der Waals surface area contributed by atoms with Crippen molar-refractivity contribution in [2.45, 2.75) is 50.2 Å². The molecule has 3 fully saturated rings. The Morgan fingerprint density at radius 2 is 1.75 bits per heavy atom. The summed E-state index contributed by atoms with van der Waals surface area (Å²) in [5, 5.41) is 7.00. The normalized spacial score (nSPS) is 27.9. The zero-order valence-corrected chi connectivity index (χ0v) is 18.0. The number of halogens is 2. The van der Waals surface area contributed by atoms with Crippen molar-refractivity contribution in [1.82, 2.24) is 15.5 Å².